The number of nitrogens with zero attached hydrogens (tertiary/aromatic N) is 4. The number of carbonyl (C=O) groups excluding carboxylic acids is 3. The smallest absolute Gasteiger partial charge is 0.408 e. The van der Waals surface area contributed by atoms with Crippen molar-refractivity contribution in [3.8, 4) is 17.3 Å². The van der Waals surface area contributed by atoms with Crippen molar-refractivity contribution >= 4 is 40.6 Å². The molecule has 8 atom stereocenters. The van der Waals surface area contributed by atoms with Crippen LogP contribution in [0.4, 0.5) is 10.6 Å². The minimum absolute atomic E-state index is 0.0290. The van der Waals surface area contributed by atoms with Crippen LogP contribution in [0.5, 0.6) is 11.5 Å². The van der Waals surface area contributed by atoms with Crippen LogP contribution in [0.3, 0.4) is 0 Å². The maximum atomic E-state index is 14.7. The number of aliphatic carboxylic acids is 1. The maximum absolute atomic E-state index is 14.7. The minimum Gasteiger partial charge on any atom is -0.491 e. The summed E-state index contributed by atoms with van der Waals surface area (Å²) >= 11 is 0. The van der Waals surface area contributed by atoms with Gasteiger partial charge in [-0.3, -0.25) is 9.59 Å². The Morgan fingerprint density at radius 2 is 1.81 bits per heavy atom. The molecule has 2 aromatic heterocycles. The van der Waals surface area contributed by atoms with Gasteiger partial charge in [0.2, 0.25) is 11.8 Å². The van der Waals surface area contributed by atoms with Crippen LogP contribution in [-0.4, -0.2) is 111 Å². The summed E-state index contributed by atoms with van der Waals surface area (Å²) in [4.78, 5) is 60.8. The van der Waals surface area contributed by atoms with E-state index in [2.05, 4.69) is 27.6 Å². The highest BCUT2D eigenvalue weighted by atomic mass is 16.6. The number of aromatic nitrogens is 3. The van der Waals surface area contributed by atoms with Gasteiger partial charge in [-0.2, -0.15) is 0 Å². The average Bonchev–Trinajstić information content (AvgIpc) is 3.83. The van der Waals surface area contributed by atoms with Crippen LogP contribution < -0.4 is 25.4 Å². The molecule has 16 nitrogen and oxygen atoms in total. The second-order valence-electron chi connectivity index (χ2n) is 17.4. The van der Waals surface area contributed by atoms with Crippen molar-refractivity contribution in [1.29, 1.82) is 0 Å². The van der Waals surface area contributed by atoms with E-state index in [0.717, 1.165) is 12.8 Å². The first-order valence-corrected chi connectivity index (χ1v) is 20.1. The lowest BCUT2D eigenvalue weighted by atomic mass is 9.85. The molecule has 3 aliphatic carbocycles. The summed E-state index contributed by atoms with van der Waals surface area (Å²) < 4.78 is 25.1. The summed E-state index contributed by atoms with van der Waals surface area (Å²) in [6, 6.07) is 6.98. The number of likely N-dealkylation sites (tertiary alicyclic amines) is 1. The largest absolute Gasteiger partial charge is 0.491 e. The number of ether oxygens (including phenoxy) is 4. The predicted octanol–water partition coefficient (Wildman–Crippen LogP) is 4.70. The van der Waals surface area contributed by atoms with E-state index in [0.29, 0.717) is 59.1 Å². The fourth-order valence-corrected chi connectivity index (χ4v) is 8.28. The molecule has 58 heavy (non-hydrogen) atoms. The van der Waals surface area contributed by atoms with Crippen molar-refractivity contribution in [3.05, 3.63) is 49.2 Å². The number of alkyl carbamates (subject to hydrolysis) is 1. The molecule has 1 aliphatic heterocycles. The number of methoxy groups -OCH3 is 1. The minimum atomic E-state index is -1.52. The molecule has 3 heterocycles. The quantitative estimate of drug-likeness (QED) is 0.115. The second kappa shape index (κ2) is 16.1. The van der Waals surface area contributed by atoms with Gasteiger partial charge < -0.3 is 44.9 Å². The number of hydrogen-bond acceptors (Lipinski definition) is 11. The molecular formula is C42H55N7O9. The maximum Gasteiger partial charge on any atom is 0.408 e. The molecule has 3 aromatic rings. The Hall–Kier alpha value is -5.38. The first-order chi connectivity index (χ1) is 27.6. The molecule has 16 heteroatoms. The number of carboxylic acid groups (broad SMARTS) is 1. The number of hydrogen-bond donors (Lipinski definition) is 4. The first kappa shape index (κ1) is 40.8. The van der Waals surface area contributed by atoms with E-state index in [-0.39, 0.29) is 31.5 Å². The van der Waals surface area contributed by atoms with Crippen LogP contribution in [0.25, 0.3) is 16.7 Å². The number of anilines is 1. The zero-order valence-electron chi connectivity index (χ0n) is 34.0. The summed E-state index contributed by atoms with van der Waals surface area (Å²) in [6.07, 6.45) is 4.73. The number of pyridine rings is 1. The van der Waals surface area contributed by atoms with Crippen molar-refractivity contribution in [2.45, 2.75) is 103 Å². The van der Waals surface area contributed by atoms with Crippen molar-refractivity contribution in [1.82, 2.24) is 30.3 Å². The van der Waals surface area contributed by atoms with Crippen LogP contribution in [-0.2, 0) is 23.9 Å². The summed E-state index contributed by atoms with van der Waals surface area (Å²) in [6.45, 7) is 14.0. The van der Waals surface area contributed by atoms with E-state index in [9.17, 15) is 24.3 Å². The van der Waals surface area contributed by atoms with Crippen molar-refractivity contribution in [3.63, 3.8) is 0 Å². The van der Waals surface area contributed by atoms with Crippen LogP contribution in [0.15, 0.2) is 49.2 Å². The Morgan fingerprint density at radius 3 is 2.47 bits per heavy atom. The molecule has 4 aliphatic rings. The van der Waals surface area contributed by atoms with Gasteiger partial charge in [0.15, 0.2) is 5.82 Å². The molecule has 1 aromatic carbocycles. The third kappa shape index (κ3) is 8.71. The normalized spacial score (nSPS) is 26.4. The summed E-state index contributed by atoms with van der Waals surface area (Å²) in [5.41, 5.74) is -1.75. The van der Waals surface area contributed by atoms with Crippen LogP contribution in [0, 0.1) is 23.2 Å². The van der Waals surface area contributed by atoms with E-state index in [4.69, 9.17) is 23.9 Å². The number of amides is 3. The summed E-state index contributed by atoms with van der Waals surface area (Å²) in [7, 11) is 1.60. The average molecular weight is 802 g/mol. The Balaban J connectivity index is 1.19. The van der Waals surface area contributed by atoms with Gasteiger partial charge in [-0.05, 0) is 68.9 Å². The summed E-state index contributed by atoms with van der Waals surface area (Å²) in [5.74, 6) is 0.536. The van der Waals surface area contributed by atoms with Crippen molar-refractivity contribution < 1.29 is 43.2 Å². The fourth-order valence-electron chi connectivity index (χ4n) is 8.28. The Labute approximate surface area is 338 Å². The zero-order chi connectivity index (χ0) is 41.5. The van der Waals surface area contributed by atoms with Gasteiger partial charge in [0.05, 0.1) is 18.7 Å². The lowest BCUT2D eigenvalue weighted by molar-refractivity contribution is -0.146. The van der Waals surface area contributed by atoms with E-state index >= 15 is 0 Å². The zero-order valence-corrected chi connectivity index (χ0v) is 34.0. The number of rotatable bonds is 16. The number of fused-ring (bicyclic) bond motifs is 2. The number of carboxylic acids is 1. The van der Waals surface area contributed by atoms with E-state index < -0.39 is 58.9 Å². The Kier molecular flexibility index (Phi) is 11.3. The number of carbonyl (C=O) groups is 4. The number of benzene rings is 1. The first-order valence-electron chi connectivity index (χ1n) is 20.1. The van der Waals surface area contributed by atoms with Gasteiger partial charge in [0.25, 0.3) is 0 Å². The van der Waals surface area contributed by atoms with Crippen LogP contribution >= 0.6 is 0 Å². The highest BCUT2D eigenvalue weighted by Crippen LogP contribution is 2.52. The van der Waals surface area contributed by atoms with E-state index in [1.165, 1.54) is 17.4 Å². The lowest BCUT2D eigenvalue weighted by Crippen LogP contribution is -2.59. The topological polar surface area (TPSA) is 195 Å². The molecule has 3 saturated carbocycles. The van der Waals surface area contributed by atoms with E-state index in [1.807, 2.05) is 46.8 Å². The third-order valence-electron chi connectivity index (χ3n) is 11.6. The van der Waals surface area contributed by atoms with Crippen LogP contribution in [0.1, 0.15) is 66.7 Å². The molecule has 0 spiro atoms. The Morgan fingerprint density at radius 1 is 1.05 bits per heavy atom. The molecule has 312 valence electrons. The molecule has 7 rings (SSSR count). The van der Waals surface area contributed by atoms with Crippen LogP contribution in [0.2, 0.25) is 0 Å². The Bertz CT molecular complexity index is 2050. The fraction of sp³-hybridized carbons (Fsp3) is 0.571. The molecular weight excluding hydrogens is 747 g/mol. The molecule has 4 fully saturated rings. The molecule has 0 bridgehead atoms. The SMILES string of the molecule is C=C[C@@H]1C[C@]1(NC(=O)[C@@H]1CC(Oc2cc(-n3ccc(NC(C)C)n3)nc3cc(OCCOC)ccc23)CN1C(=O)[C@@H](NC(=O)OC1C[C@@H]2C[C@@H]2C1)C(C)(C)C)C(=O)O. The highest BCUT2D eigenvalue weighted by molar-refractivity contribution is 5.96. The van der Waals surface area contributed by atoms with Gasteiger partial charge in [-0.1, -0.05) is 26.8 Å². The van der Waals surface area contributed by atoms with Gasteiger partial charge in [-0.25, -0.2) is 19.3 Å². The predicted molar refractivity (Wildman–Crippen MR) is 214 cm³/mol. The monoisotopic (exact) mass is 801 g/mol. The molecule has 2 unspecified atom stereocenters. The van der Waals surface area contributed by atoms with E-state index in [1.54, 1.807) is 36.2 Å². The highest BCUT2D eigenvalue weighted by Gasteiger charge is 2.61. The lowest BCUT2D eigenvalue weighted by Gasteiger charge is -2.35. The molecule has 3 amide bonds. The van der Waals surface area contributed by atoms with Crippen molar-refractivity contribution in [2.75, 3.05) is 32.2 Å². The standard InChI is InChI=1S/C42H55N7O9/c1-8-26-21-42(26,39(52)53)46-37(50)32-19-29(22-48(32)38(51)36(41(4,5)6)45-40(54)58-28-16-24-15-25(24)17-28)57-33-20-35(49-12-11-34(47-49)43-23(2)3)44-31-18-27(9-10-30(31)33)56-14-13-55-7/h8-12,18,20,23-26,28-29,32,36H,1,13-17,19,21-22H2,2-7H3,(H,43,47)(H,45,54)(H,46,50)(H,52,53)/t24-,25+,26-,28?,29?,32+,36-,42-/m1/s1. The third-order valence-corrected chi connectivity index (χ3v) is 11.6. The molecule has 4 N–H and O–H groups in total. The number of nitrogens with one attached hydrogen (secondary N) is 3. The second-order valence-corrected chi connectivity index (χ2v) is 17.4. The van der Waals surface area contributed by atoms with Gasteiger partial charge in [0.1, 0.15) is 53.8 Å². The molecule has 0 radical (unpaired) electrons. The van der Waals surface area contributed by atoms with Gasteiger partial charge in [0, 0.05) is 55.3 Å². The molecule has 1 saturated heterocycles. The van der Waals surface area contributed by atoms with Gasteiger partial charge >= 0.3 is 12.1 Å². The summed E-state index contributed by atoms with van der Waals surface area (Å²) in [5, 5.41) is 24.3. The van der Waals surface area contributed by atoms with Gasteiger partial charge in [-0.15, -0.1) is 11.7 Å². The van der Waals surface area contributed by atoms with Crippen molar-refractivity contribution in [2.24, 2.45) is 23.2 Å².